The smallest absolute Gasteiger partial charge is 0.337 e. The van der Waals surface area contributed by atoms with Gasteiger partial charge in [-0.3, -0.25) is 4.79 Å². The van der Waals surface area contributed by atoms with E-state index in [1.165, 1.54) is 24.3 Å². The number of benzene rings is 2. The van der Waals surface area contributed by atoms with Crippen molar-refractivity contribution in [3.05, 3.63) is 65.2 Å². The number of carboxylic acids is 2. The predicted octanol–water partition coefficient (Wildman–Crippen LogP) is 2.26. The van der Waals surface area contributed by atoms with Crippen molar-refractivity contribution in [1.82, 2.24) is 0 Å². The molecule has 0 heterocycles. The minimum absolute atomic E-state index is 0.0112. The predicted molar refractivity (Wildman–Crippen MR) is 79.1 cm³/mol. The number of aromatic carboxylic acids is 2. The molecule has 0 spiro atoms. The summed E-state index contributed by atoms with van der Waals surface area (Å²) in [5.74, 6) is -2.54. The Labute approximate surface area is 126 Å². The topological polar surface area (TPSA) is 104 Å². The maximum Gasteiger partial charge on any atom is 0.337 e. The Hall–Kier alpha value is -3.15. The molecule has 0 saturated heterocycles. The van der Waals surface area contributed by atoms with Crippen LogP contribution in [0.3, 0.4) is 0 Å². The van der Waals surface area contributed by atoms with Crippen LogP contribution < -0.4 is 5.32 Å². The van der Waals surface area contributed by atoms with Crippen LogP contribution in [0.4, 0.5) is 5.69 Å². The fourth-order valence-corrected chi connectivity index (χ4v) is 1.92. The van der Waals surface area contributed by atoms with Gasteiger partial charge >= 0.3 is 11.9 Å². The zero-order chi connectivity index (χ0) is 16.1. The molecule has 0 saturated carbocycles. The van der Waals surface area contributed by atoms with Crippen molar-refractivity contribution in [1.29, 1.82) is 0 Å². The van der Waals surface area contributed by atoms with E-state index < -0.39 is 11.9 Å². The van der Waals surface area contributed by atoms with Crippen LogP contribution in [-0.2, 0) is 11.2 Å². The van der Waals surface area contributed by atoms with E-state index in [0.29, 0.717) is 5.56 Å². The maximum absolute atomic E-state index is 12.0. The van der Waals surface area contributed by atoms with Gasteiger partial charge in [-0.2, -0.15) is 0 Å². The molecular weight excluding hydrogens is 286 g/mol. The number of carboxylic acid groups (broad SMARTS) is 2. The molecule has 0 atom stereocenters. The first-order valence-corrected chi connectivity index (χ1v) is 6.42. The maximum atomic E-state index is 12.0. The molecule has 0 aliphatic carbocycles. The number of carbonyl (C=O) groups excluding carboxylic acids is 1. The molecule has 3 N–H and O–H groups in total. The fourth-order valence-electron chi connectivity index (χ4n) is 1.92. The van der Waals surface area contributed by atoms with Gasteiger partial charge in [0.15, 0.2) is 0 Å². The van der Waals surface area contributed by atoms with Gasteiger partial charge in [-0.25, -0.2) is 9.59 Å². The van der Waals surface area contributed by atoms with Crippen LogP contribution in [0.5, 0.6) is 0 Å². The van der Waals surface area contributed by atoms with Gasteiger partial charge in [0.05, 0.1) is 23.2 Å². The highest BCUT2D eigenvalue weighted by Gasteiger charge is 2.12. The van der Waals surface area contributed by atoms with E-state index in [9.17, 15) is 14.4 Å². The van der Waals surface area contributed by atoms with Gasteiger partial charge in [0.1, 0.15) is 0 Å². The number of carbonyl (C=O) groups is 3. The molecule has 1 amide bonds. The lowest BCUT2D eigenvalue weighted by atomic mass is 10.1. The molecule has 2 rings (SSSR count). The van der Waals surface area contributed by atoms with Crippen molar-refractivity contribution in [2.75, 3.05) is 5.32 Å². The number of para-hydroxylation sites is 1. The lowest BCUT2D eigenvalue weighted by Crippen LogP contribution is -2.16. The SMILES string of the molecule is O=C(Cc1ccc(C(=O)O)cc1)Nc1ccccc1C(=O)O. The Morgan fingerprint density at radius 3 is 2.09 bits per heavy atom. The van der Waals surface area contributed by atoms with Gasteiger partial charge in [0.25, 0.3) is 0 Å². The highest BCUT2D eigenvalue weighted by atomic mass is 16.4. The van der Waals surface area contributed by atoms with Gasteiger partial charge < -0.3 is 15.5 Å². The van der Waals surface area contributed by atoms with Crippen LogP contribution in [-0.4, -0.2) is 28.1 Å². The third-order valence-corrected chi connectivity index (χ3v) is 3.00. The van der Waals surface area contributed by atoms with Crippen LogP contribution in [0.1, 0.15) is 26.3 Å². The average molecular weight is 299 g/mol. The number of nitrogens with one attached hydrogen (secondary N) is 1. The molecule has 2 aromatic rings. The van der Waals surface area contributed by atoms with Crippen molar-refractivity contribution in [3.63, 3.8) is 0 Å². The third kappa shape index (κ3) is 3.69. The third-order valence-electron chi connectivity index (χ3n) is 3.00. The molecule has 6 heteroatoms. The summed E-state index contributed by atoms with van der Waals surface area (Å²) in [4.78, 5) is 33.8. The van der Waals surface area contributed by atoms with Gasteiger partial charge in [-0.15, -0.1) is 0 Å². The van der Waals surface area contributed by atoms with E-state index in [2.05, 4.69) is 5.32 Å². The van der Waals surface area contributed by atoms with E-state index in [1.807, 2.05) is 0 Å². The van der Waals surface area contributed by atoms with E-state index in [0.717, 1.165) is 0 Å². The molecule has 2 aromatic carbocycles. The first kappa shape index (κ1) is 15.2. The second-order valence-corrected chi connectivity index (χ2v) is 4.58. The average Bonchev–Trinajstić information content (AvgIpc) is 2.48. The summed E-state index contributed by atoms with van der Waals surface area (Å²) >= 11 is 0. The normalized spacial score (nSPS) is 10.0. The second kappa shape index (κ2) is 6.53. The summed E-state index contributed by atoms with van der Waals surface area (Å²) in [6.45, 7) is 0. The van der Waals surface area contributed by atoms with Crippen molar-refractivity contribution >= 4 is 23.5 Å². The summed E-state index contributed by atoms with van der Waals surface area (Å²) in [6.07, 6.45) is 0.0217. The molecule has 0 unspecified atom stereocenters. The Balaban J connectivity index is 2.07. The van der Waals surface area contributed by atoms with Crippen molar-refractivity contribution < 1.29 is 24.6 Å². The van der Waals surface area contributed by atoms with Crippen LogP contribution in [0.15, 0.2) is 48.5 Å². The monoisotopic (exact) mass is 299 g/mol. The van der Waals surface area contributed by atoms with Crippen molar-refractivity contribution in [3.8, 4) is 0 Å². The number of amides is 1. The fraction of sp³-hybridized carbons (Fsp3) is 0.0625. The van der Waals surface area contributed by atoms with Crippen LogP contribution in [0.2, 0.25) is 0 Å². The number of hydrogen-bond acceptors (Lipinski definition) is 3. The van der Waals surface area contributed by atoms with Crippen LogP contribution >= 0.6 is 0 Å². The number of anilines is 1. The molecule has 0 radical (unpaired) electrons. The quantitative estimate of drug-likeness (QED) is 0.785. The molecular formula is C16H13NO5. The molecule has 6 nitrogen and oxygen atoms in total. The summed E-state index contributed by atoms with van der Waals surface area (Å²) in [7, 11) is 0. The largest absolute Gasteiger partial charge is 0.478 e. The highest BCUT2D eigenvalue weighted by molar-refractivity contribution is 6.01. The van der Waals surface area contributed by atoms with Crippen LogP contribution in [0.25, 0.3) is 0 Å². The molecule has 0 fully saturated rings. The number of rotatable bonds is 5. The van der Waals surface area contributed by atoms with E-state index >= 15 is 0 Å². The molecule has 112 valence electrons. The molecule has 0 aliphatic heterocycles. The number of hydrogen-bond donors (Lipinski definition) is 3. The van der Waals surface area contributed by atoms with Gasteiger partial charge in [-0.1, -0.05) is 24.3 Å². The van der Waals surface area contributed by atoms with Gasteiger partial charge in [-0.05, 0) is 29.8 Å². The second-order valence-electron chi connectivity index (χ2n) is 4.58. The van der Waals surface area contributed by atoms with Gasteiger partial charge in [0, 0.05) is 0 Å². The molecule has 0 aromatic heterocycles. The first-order valence-electron chi connectivity index (χ1n) is 6.42. The summed E-state index contributed by atoms with van der Waals surface area (Å²) in [5.41, 5.74) is 1.01. The Morgan fingerprint density at radius 2 is 1.50 bits per heavy atom. The Morgan fingerprint density at radius 1 is 0.864 bits per heavy atom. The summed E-state index contributed by atoms with van der Waals surface area (Å²) in [6, 6.07) is 12.0. The molecule has 22 heavy (non-hydrogen) atoms. The zero-order valence-corrected chi connectivity index (χ0v) is 11.4. The minimum Gasteiger partial charge on any atom is -0.478 e. The van der Waals surface area contributed by atoms with Crippen molar-refractivity contribution in [2.24, 2.45) is 0 Å². The van der Waals surface area contributed by atoms with Crippen molar-refractivity contribution in [2.45, 2.75) is 6.42 Å². The summed E-state index contributed by atoms with van der Waals surface area (Å²) < 4.78 is 0. The molecule has 0 bridgehead atoms. The Kier molecular flexibility index (Phi) is 4.53. The first-order chi connectivity index (χ1) is 10.5. The van der Waals surface area contributed by atoms with E-state index in [-0.39, 0.29) is 29.1 Å². The van der Waals surface area contributed by atoms with Gasteiger partial charge in [0.2, 0.25) is 5.91 Å². The zero-order valence-electron chi connectivity index (χ0n) is 11.4. The molecule has 0 aliphatic rings. The minimum atomic E-state index is -1.12. The lowest BCUT2D eigenvalue weighted by Gasteiger charge is -2.08. The highest BCUT2D eigenvalue weighted by Crippen LogP contribution is 2.15. The lowest BCUT2D eigenvalue weighted by molar-refractivity contribution is -0.115. The summed E-state index contributed by atoms with van der Waals surface area (Å²) in [5, 5.41) is 20.4. The standard InChI is InChI=1S/C16H13NO5/c18-14(9-10-5-7-11(8-6-10)15(19)20)17-13-4-2-1-3-12(13)16(21)22/h1-8H,9H2,(H,17,18)(H,19,20)(H,21,22). The van der Waals surface area contributed by atoms with Crippen LogP contribution in [0, 0.1) is 0 Å². The van der Waals surface area contributed by atoms with E-state index in [1.54, 1.807) is 24.3 Å². The Bertz CT molecular complexity index is 722. The van der Waals surface area contributed by atoms with E-state index in [4.69, 9.17) is 10.2 Å².